The lowest BCUT2D eigenvalue weighted by Crippen LogP contribution is -2.42. The molecule has 170 valence electrons. The molecule has 2 heterocycles. The van der Waals surface area contributed by atoms with E-state index in [-0.39, 0.29) is 36.6 Å². The van der Waals surface area contributed by atoms with Gasteiger partial charge in [0.1, 0.15) is 11.8 Å². The molecular weight excluding hydrogens is 420 g/mol. The summed E-state index contributed by atoms with van der Waals surface area (Å²) in [5.74, 6) is 0.0274. The van der Waals surface area contributed by atoms with E-state index in [1.807, 2.05) is 18.2 Å². The highest BCUT2D eigenvalue weighted by atomic mass is 16.5. The monoisotopic (exact) mass is 446 g/mol. The van der Waals surface area contributed by atoms with Crippen molar-refractivity contribution < 1.29 is 19.1 Å². The molecule has 0 fully saturated rings. The highest BCUT2D eigenvalue weighted by molar-refractivity contribution is 6.09. The smallest absolute Gasteiger partial charge is 0.254 e. The minimum atomic E-state index is -0.766. The number of hydrogen-bond donors (Lipinski definition) is 4. The third-order valence-electron chi connectivity index (χ3n) is 6.46. The number of methoxy groups -OCH3 is 1. The number of aromatic nitrogens is 1. The number of hydrogen-bond acceptors (Lipinski definition) is 4. The van der Waals surface area contributed by atoms with Crippen LogP contribution in [0.25, 0.3) is 10.9 Å². The second-order valence-electron chi connectivity index (χ2n) is 8.54. The highest BCUT2D eigenvalue weighted by Gasteiger charge is 2.29. The fourth-order valence-electron chi connectivity index (χ4n) is 4.77. The van der Waals surface area contributed by atoms with Crippen LogP contribution in [0.1, 0.15) is 53.3 Å². The molecule has 2 atom stereocenters. The number of nitrogens with one attached hydrogen (secondary N) is 4. The summed E-state index contributed by atoms with van der Waals surface area (Å²) < 4.78 is 5.36. The summed E-state index contributed by atoms with van der Waals surface area (Å²) >= 11 is 0. The lowest BCUT2D eigenvalue weighted by atomic mass is 9.91. The van der Waals surface area contributed by atoms with Crippen LogP contribution in [0.15, 0.2) is 42.5 Å². The Balaban J connectivity index is 1.25. The fourth-order valence-corrected chi connectivity index (χ4v) is 4.77. The Morgan fingerprint density at radius 1 is 1.18 bits per heavy atom. The summed E-state index contributed by atoms with van der Waals surface area (Å²) in [6.45, 7) is 0. The molecule has 3 amide bonds. The highest BCUT2D eigenvalue weighted by Crippen LogP contribution is 2.36. The number of H-pyrrole nitrogens is 1. The van der Waals surface area contributed by atoms with Gasteiger partial charge in [-0.3, -0.25) is 14.4 Å². The number of ether oxygens (including phenoxy) is 1. The molecular formula is C25H26N4O4. The van der Waals surface area contributed by atoms with Gasteiger partial charge in [0, 0.05) is 23.0 Å². The zero-order valence-electron chi connectivity index (χ0n) is 18.4. The Kier molecular flexibility index (Phi) is 5.50. The Morgan fingerprint density at radius 2 is 2.03 bits per heavy atom. The van der Waals surface area contributed by atoms with Gasteiger partial charge in [0.2, 0.25) is 11.8 Å². The molecule has 2 aliphatic rings. The van der Waals surface area contributed by atoms with Crippen molar-refractivity contribution in [3.05, 3.63) is 59.3 Å². The van der Waals surface area contributed by atoms with E-state index >= 15 is 0 Å². The molecule has 8 nitrogen and oxygen atoms in total. The van der Waals surface area contributed by atoms with Crippen LogP contribution in [0.3, 0.4) is 0 Å². The van der Waals surface area contributed by atoms with E-state index < -0.39 is 6.04 Å². The first-order valence-electron chi connectivity index (χ1n) is 11.2. The standard InChI is InChI=1S/C25H26N4O4/c1-33-14-9-10-19-17(13-14)15-6-4-8-20(23(15)27-19)26-22(30)12-11-21-25(32)28-18-7-3-2-5-16(18)24(31)29-21/h2-3,5,7,9-10,13,20-21,27H,4,6,8,11-12H2,1H3,(H,26,30)(H,28,32)(H,29,31)/t20-,21+/m1/s1. The first-order valence-corrected chi connectivity index (χ1v) is 11.2. The van der Waals surface area contributed by atoms with Crippen molar-refractivity contribution >= 4 is 34.3 Å². The predicted molar refractivity (Wildman–Crippen MR) is 124 cm³/mol. The molecule has 5 rings (SSSR count). The molecule has 0 bridgehead atoms. The van der Waals surface area contributed by atoms with E-state index in [2.05, 4.69) is 20.9 Å². The van der Waals surface area contributed by atoms with Crippen LogP contribution in [-0.2, 0) is 16.0 Å². The lowest BCUT2D eigenvalue weighted by Gasteiger charge is -2.24. The molecule has 1 aliphatic carbocycles. The number of aromatic amines is 1. The van der Waals surface area contributed by atoms with Crippen molar-refractivity contribution in [2.75, 3.05) is 12.4 Å². The van der Waals surface area contributed by atoms with Gasteiger partial charge in [-0.2, -0.15) is 0 Å². The van der Waals surface area contributed by atoms with Gasteiger partial charge in [0.05, 0.1) is 24.4 Å². The average Bonchev–Trinajstić information content (AvgIpc) is 3.15. The van der Waals surface area contributed by atoms with Crippen molar-refractivity contribution in [1.29, 1.82) is 0 Å². The number of benzene rings is 2. The van der Waals surface area contributed by atoms with Gasteiger partial charge in [-0.15, -0.1) is 0 Å². The van der Waals surface area contributed by atoms with Crippen molar-refractivity contribution in [3.63, 3.8) is 0 Å². The first-order chi connectivity index (χ1) is 16.0. The molecule has 1 aliphatic heterocycles. The predicted octanol–water partition coefficient (Wildman–Crippen LogP) is 3.20. The Morgan fingerprint density at radius 3 is 2.88 bits per heavy atom. The van der Waals surface area contributed by atoms with E-state index in [0.29, 0.717) is 11.3 Å². The number of fused-ring (bicyclic) bond motifs is 4. The molecule has 33 heavy (non-hydrogen) atoms. The third-order valence-corrected chi connectivity index (χ3v) is 6.46. The van der Waals surface area contributed by atoms with E-state index in [4.69, 9.17) is 4.74 Å². The summed E-state index contributed by atoms with van der Waals surface area (Å²) in [6.07, 6.45) is 3.12. The minimum Gasteiger partial charge on any atom is -0.497 e. The van der Waals surface area contributed by atoms with Gasteiger partial charge >= 0.3 is 0 Å². The molecule has 8 heteroatoms. The SMILES string of the molecule is COc1ccc2[nH]c3c(c2c1)CCC[C@H]3NC(=O)CC[C@@H]1NC(=O)c2ccccc2NC1=O. The molecule has 0 unspecified atom stereocenters. The number of rotatable bonds is 5. The average molecular weight is 447 g/mol. The zero-order chi connectivity index (χ0) is 22.9. The van der Waals surface area contributed by atoms with E-state index in [1.54, 1.807) is 31.4 Å². The number of amides is 3. The third kappa shape index (κ3) is 4.04. The van der Waals surface area contributed by atoms with E-state index in [1.165, 1.54) is 5.56 Å². The van der Waals surface area contributed by atoms with Crippen LogP contribution in [0.2, 0.25) is 0 Å². The molecule has 1 aromatic heterocycles. The van der Waals surface area contributed by atoms with Crippen molar-refractivity contribution in [2.24, 2.45) is 0 Å². The minimum absolute atomic E-state index is 0.110. The Labute approximate surface area is 191 Å². The molecule has 0 saturated carbocycles. The second kappa shape index (κ2) is 8.61. The summed E-state index contributed by atoms with van der Waals surface area (Å²) in [7, 11) is 1.65. The van der Waals surface area contributed by atoms with Gasteiger partial charge in [-0.05, 0) is 61.6 Å². The lowest BCUT2D eigenvalue weighted by molar-refractivity contribution is -0.122. The van der Waals surface area contributed by atoms with Gasteiger partial charge in [0.25, 0.3) is 5.91 Å². The topological polar surface area (TPSA) is 112 Å². The van der Waals surface area contributed by atoms with Crippen LogP contribution >= 0.6 is 0 Å². The van der Waals surface area contributed by atoms with Crippen LogP contribution < -0.4 is 20.7 Å². The Hall–Kier alpha value is -3.81. The maximum absolute atomic E-state index is 12.8. The van der Waals surface area contributed by atoms with Gasteiger partial charge in [0.15, 0.2) is 0 Å². The van der Waals surface area contributed by atoms with E-state index in [9.17, 15) is 14.4 Å². The number of carbonyl (C=O) groups is 3. The van der Waals surface area contributed by atoms with Crippen LogP contribution in [0.4, 0.5) is 5.69 Å². The van der Waals surface area contributed by atoms with Crippen molar-refractivity contribution in [3.8, 4) is 5.75 Å². The molecule has 0 radical (unpaired) electrons. The summed E-state index contributed by atoms with van der Waals surface area (Å²) in [4.78, 5) is 41.3. The number of aryl methyl sites for hydroxylation is 1. The zero-order valence-corrected chi connectivity index (χ0v) is 18.4. The van der Waals surface area contributed by atoms with Gasteiger partial charge < -0.3 is 25.7 Å². The van der Waals surface area contributed by atoms with Crippen LogP contribution in [-0.4, -0.2) is 35.9 Å². The fraction of sp³-hybridized carbons (Fsp3) is 0.320. The quantitative estimate of drug-likeness (QED) is 0.482. The summed E-state index contributed by atoms with van der Waals surface area (Å²) in [6, 6.07) is 11.9. The van der Waals surface area contributed by atoms with Crippen molar-refractivity contribution in [1.82, 2.24) is 15.6 Å². The molecule has 0 saturated heterocycles. The Bertz CT molecular complexity index is 1250. The normalized spacial score (nSPS) is 19.7. The maximum Gasteiger partial charge on any atom is 0.254 e. The van der Waals surface area contributed by atoms with E-state index in [0.717, 1.165) is 41.6 Å². The molecule has 3 aromatic rings. The summed E-state index contributed by atoms with van der Waals surface area (Å²) in [5, 5.41) is 9.76. The largest absolute Gasteiger partial charge is 0.497 e. The van der Waals surface area contributed by atoms with Crippen molar-refractivity contribution in [2.45, 2.75) is 44.2 Å². The first kappa shape index (κ1) is 21.1. The number of carbonyl (C=O) groups excluding carboxylic acids is 3. The maximum atomic E-state index is 12.8. The van der Waals surface area contributed by atoms with Gasteiger partial charge in [-0.25, -0.2) is 0 Å². The van der Waals surface area contributed by atoms with Gasteiger partial charge in [-0.1, -0.05) is 12.1 Å². The summed E-state index contributed by atoms with van der Waals surface area (Å²) in [5.41, 5.74) is 4.18. The molecule has 0 spiro atoms. The molecule has 2 aromatic carbocycles. The molecule has 4 N–H and O–H groups in total. The number of anilines is 1. The number of para-hydroxylation sites is 1. The van der Waals surface area contributed by atoms with Crippen LogP contribution in [0, 0.1) is 0 Å². The van der Waals surface area contributed by atoms with Crippen LogP contribution in [0.5, 0.6) is 5.75 Å². The second-order valence-corrected chi connectivity index (χ2v) is 8.54.